The number of hydrogen-bond acceptors (Lipinski definition) is 3. The second kappa shape index (κ2) is 9.33. The van der Waals surface area contributed by atoms with Crippen molar-refractivity contribution in [3.8, 4) is 5.75 Å². The van der Waals surface area contributed by atoms with Crippen molar-refractivity contribution in [1.29, 1.82) is 0 Å². The smallest absolute Gasteiger partial charge is 0.227 e. The number of benzene rings is 2. The van der Waals surface area contributed by atoms with Crippen LogP contribution in [0.5, 0.6) is 5.75 Å². The molecule has 2 aromatic carbocycles. The van der Waals surface area contributed by atoms with Crippen LogP contribution < -0.4 is 15.0 Å². The maximum absolute atomic E-state index is 13.4. The zero-order valence-electron chi connectivity index (χ0n) is 17.5. The first-order valence-corrected chi connectivity index (χ1v) is 11.0. The van der Waals surface area contributed by atoms with Crippen molar-refractivity contribution in [3.05, 3.63) is 60.2 Å². The Balaban J connectivity index is 1.66. The molecule has 30 heavy (non-hydrogen) atoms. The first-order valence-electron chi connectivity index (χ1n) is 11.0. The standard InChI is InChI=1S/C25H30N2O3/c1-30-21-14-12-20(13-15-21)27-23(28)17-16-22(24(27)18-8-4-2-5-9-18)25(29)26-19-10-6-3-7-11-19/h2,4-5,8-9,12-15,19,22,24H,3,6-7,10-11,16-17H2,1H3,(H,26,29)/t22-,24-/m1/s1. The monoisotopic (exact) mass is 406 g/mol. The van der Waals surface area contributed by atoms with Gasteiger partial charge in [0.1, 0.15) is 5.75 Å². The van der Waals surface area contributed by atoms with E-state index < -0.39 is 0 Å². The molecule has 0 bridgehead atoms. The number of ether oxygens (including phenoxy) is 1. The van der Waals surface area contributed by atoms with Crippen molar-refractivity contribution in [2.45, 2.75) is 57.0 Å². The van der Waals surface area contributed by atoms with E-state index >= 15 is 0 Å². The van der Waals surface area contributed by atoms with E-state index in [1.807, 2.05) is 59.5 Å². The summed E-state index contributed by atoms with van der Waals surface area (Å²) < 4.78 is 5.27. The first kappa shape index (κ1) is 20.5. The van der Waals surface area contributed by atoms with Crippen molar-refractivity contribution >= 4 is 17.5 Å². The molecule has 1 saturated carbocycles. The summed E-state index contributed by atoms with van der Waals surface area (Å²) in [4.78, 5) is 28.2. The van der Waals surface area contributed by atoms with E-state index in [-0.39, 0.29) is 29.8 Å². The van der Waals surface area contributed by atoms with Gasteiger partial charge in [0.25, 0.3) is 0 Å². The van der Waals surface area contributed by atoms with E-state index in [9.17, 15) is 9.59 Å². The molecule has 0 spiro atoms. The van der Waals surface area contributed by atoms with Crippen LogP contribution in [0.4, 0.5) is 5.69 Å². The minimum atomic E-state index is -0.315. The Labute approximate surface area is 178 Å². The van der Waals surface area contributed by atoms with E-state index in [4.69, 9.17) is 4.74 Å². The third-order valence-corrected chi connectivity index (χ3v) is 6.38. The van der Waals surface area contributed by atoms with Crippen LogP contribution in [0, 0.1) is 5.92 Å². The van der Waals surface area contributed by atoms with Crippen molar-refractivity contribution in [2.24, 2.45) is 5.92 Å². The average Bonchev–Trinajstić information content (AvgIpc) is 2.80. The molecule has 4 rings (SSSR count). The highest BCUT2D eigenvalue weighted by molar-refractivity contribution is 5.97. The summed E-state index contributed by atoms with van der Waals surface area (Å²) in [5.41, 5.74) is 1.79. The normalized spacial score (nSPS) is 22.6. The number of carbonyl (C=O) groups excluding carboxylic acids is 2. The Morgan fingerprint density at radius 1 is 0.967 bits per heavy atom. The summed E-state index contributed by atoms with van der Waals surface area (Å²) in [5.74, 6) is 0.595. The Morgan fingerprint density at radius 2 is 1.67 bits per heavy atom. The van der Waals surface area contributed by atoms with Crippen molar-refractivity contribution in [3.63, 3.8) is 0 Å². The molecular weight excluding hydrogens is 376 g/mol. The minimum Gasteiger partial charge on any atom is -0.497 e. The second-order valence-electron chi connectivity index (χ2n) is 8.31. The van der Waals surface area contributed by atoms with Gasteiger partial charge in [-0.2, -0.15) is 0 Å². The van der Waals surface area contributed by atoms with Gasteiger partial charge in [0.05, 0.1) is 19.1 Å². The van der Waals surface area contributed by atoms with E-state index in [1.165, 1.54) is 19.3 Å². The Morgan fingerprint density at radius 3 is 2.33 bits per heavy atom. The Hall–Kier alpha value is -2.82. The molecule has 1 N–H and O–H groups in total. The number of piperidine rings is 1. The van der Waals surface area contributed by atoms with Crippen LogP contribution in [0.2, 0.25) is 0 Å². The van der Waals surface area contributed by atoms with Gasteiger partial charge >= 0.3 is 0 Å². The lowest BCUT2D eigenvalue weighted by Gasteiger charge is -2.41. The van der Waals surface area contributed by atoms with Crippen LogP contribution in [0.15, 0.2) is 54.6 Å². The Bertz CT molecular complexity index is 860. The molecular formula is C25H30N2O3. The molecule has 2 aromatic rings. The molecule has 1 heterocycles. The van der Waals surface area contributed by atoms with Gasteiger partial charge in [0.2, 0.25) is 11.8 Å². The first-order chi connectivity index (χ1) is 14.7. The molecule has 2 fully saturated rings. The van der Waals surface area contributed by atoms with Gasteiger partial charge in [0.15, 0.2) is 0 Å². The molecule has 1 aliphatic carbocycles. The lowest BCUT2D eigenvalue weighted by atomic mass is 9.82. The fourth-order valence-corrected chi connectivity index (χ4v) is 4.80. The van der Waals surface area contributed by atoms with Crippen molar-refractivity contribution in [1.82, 2.24) is 5.32 Å². The molecule has 2 amide bonds. The average molecular weight is 407 g/mol. The SMILES string of the molecule is COc1ccc(N2C(=O)CC[C@@H](C(=O)NC3CCCCC3)[C@H]2c2ccccc2)cc1. The molecule has 0 aromatic heterocycles. The highest BCUT2D eigenvalue weighted by Crippen LogP contribution is 2.40. The topological polar surface area (TPSA) is 58.6 Å². The van der Waals surface area contributed by atoms with Crippen molar-refractivity contribution in [2.75, 3.05) is 12.0 Å². The van der Waals surface area contributed by atoms with E-state index in [2.05, 4.69) is 5.32 Å². The summed E-state index contributed by atoms with van der Waals surface area (Å²) in [6.45, 7) is 0. The van der Waals surface area contributed by atoms with Crippen LogP contribution in [-0.2, 0) is 9.59 Å². The predicted octanol–water partition coefficient (Wildman–Crippen LogP) is 4.63. The molecule has 0 unspecified atom stereocenters. The largest absolute Gasteiger partial charge is 0.497 e. The number of methoxy groups -OCH3 is 1. The minimum absolute atomic E-state index is 0.0516. The van der Waals surface area contributed by atoms with E-state index in [0.29, 0.717) is 12.8 Å². The molecule has 2 atom stereocenters. The molecule has 0 radical (unpaired) electrons. The van der Waals surface area contributed by atoms with E-state index in [1.54, 1.807) is 7.11 Å². The third-order valence-electron chi connectivity index (χ3n) is 6.38. The van der Waals surface area contributed by atoms with Crippen LogP contribution in [-0.4, -0.2) is 25.0 Å². The summed E-state index contributed by atoms with van der Waals surface area (Å²) in [6, 6.07) is 17.4. The zero-order valence-corrected chi connectivity index (χ0v) is 17.5. The van der Waals surface area contributed by atoms with Crippen LogP contribution in [0.1, 0.15) is 56.6 Å². The highest BCUT2D eigenvalue weighted by atomic mass is 16.5. The predicted molar refractivity (Wildman–Crippen MR) is 117 cm³/mol. The number of rotatable bonds is 5. The summed E-state index contributed by atoms with van der Waals surface area (Å²) in [6.07, 6.45) is 6.65. The quantitative estimate of drug-likeness (QED) is 0.788. The van der Waals surface area contributed by atoms with Gasteiger partial charge in [0, 0.05) is 18.2 Å². The van der Waals surface area contributed by atoms with Gasteiger partial charge < -0.3 is 15.0 Å². The number of carbonyl (C=O) groups is 2. The molecule has 1 aliphatic heterocycles. The fraction of sp³-hybridized carbons (Fsp3) is 0.440. The van der Waals surface area contributed by atoms with Crippen molar-refractivity contribution < 1.29 is 14.3 Å². The van der Waals surface area contributed by atoms with Gasteiger partial charge in [-0.25, -0.2) is 0 Å². The van der Waals surface area contributed by atoms with Crippen LogP contribution in [0.25, 0.3) is 0 Å². The number of nitrogens with zero attached hydrogens (tertiary/aromatic N) is 1. The van der Waals surface area contributed by atoms with Gasteiger partial charge in [-0.3, -0.25) is 9.59 Å². The molecule has 158 valence electrons. The Kier molecular flexibility index (Phi) is 6.36. The fourth-order valence-electron chi connectivity index (χ4n) is 4.80. The number of anilines is 1. The van der Waals surface area contributed by atoms with Crippen LogP contribution in [0.3, 0.4) is 0 Å². The maximum atomic E-state index is 13.4. The highest BCUT2D eigenvalue weighted by Gasteiger charge is 2.41. The molecule has 5 heteroatoms. The summed E-state index contributed by atoms with van der Waals surface area (Å²) >= 11 is 0. The second-order valence-corrected chi connectivity index (χ2v) is 8.31. The van der Waals surface area contributed by atoms with E-state index in [0.717, 1.165) is 29.8 Å². The third kappa shape index (κ3) is 4.35. The summed E-state index contributed by atoms with van der Waals surface area (Å²) in [7, 11) is 1.62. The summed E-state index contributed by atoms with van der Waals surface area (Å²) in [5, 5.41) is 3.30. The van der Waals surface area contributed by atoms with Crippen LogP contribution >= 0.6 is 0 Å². The molecule has 2 aliphatic rings. The molecule has 1 saturated heterocycles. The van der Waals surface area contributed by atoms with Gasteiger partial charge in [-0.1, -0.05) is 49.6 Å². The maximum Gasteiger partial charge on any atom is 0.227 e. The number of hydrogen-bond donors (Lipinski definition) is 1. The number of nitrogens with one attached hydrogen (secondary N) is 1. The van der Waals surface area contributed by atoms with Gasteiger partial charge in [-0.05, 0) is 49.1 Å². The number of amides is 2. The lowest BCUT2D eigenvalue weighted by molar-refractivity contribution is -0.130. The molecule has 5 nitrogen and oxygen atoms in total. The van der Waals surface area contributed by atoms with Gasteiger partial charge in [-0.15, -0.1) is 0 Å². The lowest BCUT2D eigenvalue weighted by Crippen LogP contribution is -2.50. The zero-order chi connectivity index (χ0) is 20.9.